The van der Waals surface area contributed by atoms with E-state index in [1.807, 2.05) is 17.0 Å². The molecule has 8 heteroatoms. The highest BCUT2D eigenvalue weighted by Crippen LogP contribution is 2.29. The molecule has 7 nitrogen and oxygen atoms in total. The number of rotatable bonds is 3. The minimum atomic E-state index is -0.190. The summed E-state index contributed by atoms with van der Waals surface area (Å²) in [6, 6.07) is 9.64. The number of methoxy groups -OCH3 is 1. The summed E-state index contributed by atoms with van der Waals surface area (Å²) in [6.07, 6.45) is 0. The summed E-state index contributed by atoms with van der Waals surface area (Å²) in [4.78, 5) is 34.8. The number of ether oxygens (including phenoxy) is 1. The van der Waals surface area contributed by atoms with Crippen molar-refractivity contribution in [1.29, 1.82) is 0 Å². The van der Waals surface area contributed by atoms with Gasteiger partial charge in [-0.15, -0.1) is 0 Å². The number of amides is 1. The Hall–Kier alpha value is -2.48. The molecule has 31 heavy (non-hydrogen) atoms. The maximum absolute atomic E-state index is 13.2. The zero-order valence-electron chi connectivity index (χ0n) is 18.6. The van der Waals surface area contributed by atoms with Gasteiger partial charge in [0, 0.05) is 55.6 Å². The number of anilines is 1. The molecule has 0 bridgehead atoms. The third-order valence-electron chi connectivity index (χ3n) is 5.94. The maximum atomic E-state index is 13.2. The van der Waals surface area contributed by atoms with Crippen LogP contribution in [0.4, 0.5) is 5.69 Å². The molecule has 2 aliphatic heterocycles. The molecule has 1 atom stereocenters. The lowest BCUT2D eigenvalue weighted by Gasteiger charge is -2.38. The summed E-state index contributed by atoms with van der Waals surface area (Å²) in [5, 5.41) is 0.728. The molecule has 0 saturated carbocycles. The van der Waals surface area contributed by atoms with Crippen LogP contribution in [-0.4, -0.2) is 59.4 Å². The summed E-state index contributed by atoms with van der Waals surface area (Å²) >= 11 is 1.52. The van der Waals surface area contributed by atoms with Gasteiger partial charge in [0.2, 0.25) is 5.91 Å². The summed E-state index contributed by atoms with van der Waals surface area (Å²) in [5.41, 5.74) is 1.70. The van der Waals surface area contributed by atoms with Crippen molar-refractivity contribution >= 4 is 23.4 Å². The average Bonchev–Trinajstić information content (AvgIpc) is 2.78. The van der Waals surface area contributed by atoms with Crippen LogP contribution in [-0.2, 0) is 16.8 Å². The van der Waals surface area contributed by atoms with Crippen molar-refractivity contribution in [3.63, 3.8) is 0 Å². The van der Waals surface area contributed by atoms with Crippen molar-refractivity contribution in [3.05, 3.63) is 46.4 Å². The Bertz CT molecular complexity index is 1000. The normalized spacial score (nSPS) is 19.2. The number of carbonyl (C=O) groups is 1. The van der Waals surface area contributed by atoms with Gasteiger partial charge in [0.25, 0.3) is 5.56 Å². The number of aromatic nitrogens is 2. The van der Waals surface area contributed by atoms with Gasteiger partial charge in [0.1, 0.15) is 5.75 Å². The lowest BCUT2D eigenvalue weighted by Crippen LogP contribution is -2.52. The van der Waals surface area contributed by atoms with E-state index in [9.17, 15) is 9.59 Å². The van der Waals surface area contributed by atoms with E-state index in [-0.39, 0.29) is 22.8 Å². The van der Waals surface area contributed by atoms with Crippen molar-refractivity contribution < 1.29 is 9.53 Å². The van der Waals surface area contributed by atoms with Gasteiger partial charge in [-0.2, -0.15) is 0 Å². The second-order valence-electron chi connectivity index (χ2n) is 9.14. The molecule has 2 aromatic rings. The predicted molar refractivity (Wildman–Crippen MR) is 123 cm³/mol. The Balaban J connectivity index is 1.39. The maximum Gasteiger partial charge on any atom is 0.254 e. The van der Waals surface area contributed by atoms with Crippen LogP contribution >= 0.6 is 11.8 Å². The van der Waals surface area contributed by atoms with Gasteiger partial charge in [0.15, 0.2) is 5.16 Å². The number of hydrogen-bond acceptors (Lipinski definition) is 6. The quantitative estimate of drug-likeness (QED) is 0.681. The number of thioether (sulfide) groups is 1. The van der Waals surface area contributed by atoms with Gasteiger partial charge < -0.3 is 14.5 Å². The fourth-order valence-corrected chi connectivity index (χ4v) is 5.06. The molecule has 1 unspecified atom stereocenters. The van der Waals surface area contributed by atoms with E-state index < -0.39 is 0 Å². The van der Waals surface area contributed by atoms with E-state index in [0.717, 1.165) is 35.4 Å². The van der Waals surface area contributed by atoms with Gasteiger partial charge in [0.05, 0.1) is 18.7 Å². The number of piperazine rings is 1. The van der Waals surface area contributed by atoms with Crippen molar-refractivity contribution in [1.82, 2.24) is 14.5 Å². The number of benzene rings is 1. The fourth-order valence-electron chi connectivity index (χ4n) is 3.98. The predicted octanol–water partition coefficient (Wildman–Crippen LogP) is 2.62. The second-order valence-corrected chi connectivity index (χ2v) is 10.1. The van der Waals surface area contributed by atoms with Crippen molar-refractivity contribution in [2.75, 3.05) is 43.9 Å². The number of carbonyl (C=O) groups excluding carboxylic acids is 1. The van der Waals surface area contributed by atoms with Crippen LogP contribution in [0.5, 0.6) is 5.75 Å². The van der Waals surface area contributed by atoms with Crippen molar-refractivity contribution in [3.8, 4) is 5.75 Å². The zero-order valence-corrected chi connectivity index (χ0v) is 19.4. The Morgan fingerprint density at radius 3 is 2.42 bits per heavy atom. The van der Waals surface area contributed by atoms with Crippen LogP contribution in [0.1, 0.15) is 26.5 Å². The van der Waals surface area contributed by atoms with E-state index >= 15 is 0 Å². The SMILES string of the molecule is COc1ccc(N2CCN(C(=O)C3CSc4nc(C(C)(C)C)cc(=O)n4C3)CC2)cc1. The Morgan fingerprint density at radius 2 is 1.81 bits per heavy atom. The molecule has 1 amide bonds. The van der Waals surface area contributed by atoms with Crippen LogP contribution < -0.4 is 15.2 Å². The van der Waals surface area contributed by atoms with Gasteiger partial charge in [-0.3, -0.25) is 14.2 Å². The highest BCUT2D eigenvalue weighted by Gasteiger charge is 2.32. The molecule has 1 fully saturated rings. The molecular weight excluding hydrogens is 412 g/mol. The first-order valence-electron chi connectivity index (χ1n) is 10.7. The van der Waals surface area contributed by atoms with Crippen LogP contribution in [0.15, 0.2) is 40.3 Å². The van der Waals surface area contributed by atoms with Gasteiger partial charge in [-0.1, -0.05) is 32.5 Å². The molecule has 1 aromatic heterocycles. The standard InChI is InChI=1S/C23H30N4O3S/c1-23(2,3)19-13-20(28)27-14-16(15-31-22(27)24-19)21(29)26-11-9-25(10-12-26)17-5-7-18(30-4)8-6-17/h5-8,13,16H,9-12,14-15H2,1-4H3. The number of hydrogen-bond donors (Lipinski definition) is 0. The molecular formula is C23H30N4O3S. The minimum absolute atomic E-state index is 0.0655. The molecule has 0 spiro atoms. The third kappa shape index (κ3) is 4.59. The summed E-state index contributed by atoms with van der Waals surface area (Å²) in [5.74, 6) is 1.45. The van der Waals surface area contributed by atoms with Crippen molar-refractivity contribution in [2.45, 2.75) is 37.9 Å². The summed E-state index contributed by atoms with van der Waals surface area (Å²) < 4.78 is 6.89. The third-order valence-corrected chi connectivity index (χ3v) is 7.08. The first-order valence-corrected chi connectivity index (χ1v) is 11.7. The van der Waals surface area contributed by atoms with Gasteiger partial charge in [-0.25, -0.2) is 4.98 Å². The Kier molecular flexibility index (Phi) is 6.01. The highest BCUT2D eigenvalue weighted by molar-refractivity contribution is 7.99. The summed E-state index contributed by atoms with van der Waals surface area (Å²) in [7, 11) is 1.66. The molecule has 0 N–H and O–H groups in total. The van der Waals surface area contributed by atoms with E-state index in [1.54, 1.807) is 17.7 Å². The second kappa shape index (κ2) is 8.57. The van der Waals surface area contributed by atoms with Gasteiger partial charge in [-0.05, 0) is 24.3 Å². The van der Waals surface area contributed by atoms with E-state index in [0.29, 0.717) is 25.4 Å². The molecule has 3 heterocycles. The Labute approximate surface area is 187 Å². The minimum Gasteiger partial charge on any atom is -0.497 e. The monoisotopic (exact) mass is 442 g/mol. The van der Waals surface area contributed by atoms with Crippen LogP contribution in [0.25, 0.3) is 0 Å². The first-order chi connectivity index (χ1) is 14.8. The highest BCUT2D eigenvalue weighted by atomic mass is 32.2. The largest absolute Gasteiger partial charge is 0.497 e. The molecule has 0 aliphatic carbocycles. The smallest absolute Gasteiger partial charge is 0.254 e. The zero-order chi connectivity index (χ0) is 22.2. The van der Waals surface area contributed by atoms with E-state index in [1.165, 1.54) is 11.8 Å². The van der Waals surface area contributed by atoms with E-state index in [2.05, 4.69) is 37.8 Å². The van der Waals surface area contributed by atoms with Crippen LogP contribution in [0.3, 0.4) is 0 Å². The summed E-state index contributed by atoms with van der Waals surface area (Å²) in [6.45, 7) is 9.54. The van der Waals surface area contributed by atoms with E-state index in [4.69, 9.17) is 9.72 Å². The topological polar surface area (TPSA) is 67.7 Å². The molecule has 1 aromatic carbocycles. The first kappa shape index (κ1) is 21.7. The molecule has 166 valence electrons. The average molecular weight is 443 g/mol. The number of fused-ring (bicyclic) bond motifs is 1. The van der Waals surface area contributed by atoms with Crippen molar-refractivity contribution in [2.24, 2.45) is 5.92 Å². The van der Waals surface area contributed by atoms with Gasteiger partial charge >= 0.3 is 0 Å². The fraction of sp³-hybridized carbons (Fsp3) is 0.522. The number of nitrogens with zero attached hydrogens (tertiary/aromatic N) is 4. The lowest BCUT2D eigenvalue weighted by atomic mass is 9.92. The Morgan fingerprint density at radius 1 is 1.13 bits per heavy atom. The molecule has 0 radical (unpaired) electrons. The van der Waals surface area contributed by atoms with Crippen LogP contribution in [0.2, 0.25) is 0 Å². The molecule has 2 aliphatic rings. The van der Waals surface area contributed by atoms with Crippen LogP contribution in [0, 0.1) is 5.92 Å². The lowest BCUT2D eigenvalue weighted by molar-refractivity contribution is -0.135. The molecule has 4 rings (SSSR count). The molecule has 1 saturated heterocycles.